The van der Waals surface area contributed by atoms with Crippen LogP contribution in [0.3, 0.4) is 0 Å². The summed E-state index contributed by atoms with van der Waals surface area (Å²) in [6.07, 6.45) is 2.27. The minimum Gasteiger partial charge on any atom is -0.469 e. The van der Waals surface area contributed by atoms with E-state index in [4.69, 9.17) is 9.47 Å². The zero-order valence-corrected chi connectivity index (χ0v) is 19.8. The van der Waals surface area contributed by atoms with Gasteiger partial charge in [0.2, 0.25) is 0 Å². The first-order chi connectivity index (χ1) is 13.8. The molecule has 0 aliphatic heterocycles. The van der Waals surface area contributed by atoms with Crippen molar-refractivity contribution in [1.29, 1.82) is 0 Å². The number of ether oxygens (including phenoxy) is 3. The van der Waals surface area contributed by atoms with Gasteiger partial charge < -0.3 is 14.2 Å². The van der Waals surface area contributed by atoms with Crippen molar-refractivity contribution in [1.82, 2.24) is 0 Å². The van der Waals surface area contributed by atoms with E-state index in [-0.39, 0.29) is 5.97 Å². The van der Waals surface area contributed by atoms with Crippen LogP contribution in [0.1, 0.15) is 72.1 Å². The highest BCUT2D eigenvalue weighted by atomic mass is 32.1. The largest absolute Gasteiger partial charge is 0.469 e. The molecular weight excluding hydrogens is 408 g/mol. The van der Waals surface area contributed by atoms with E-state index in [0.717, 1.165) is 24.1 Å². The topological polar surface area (TPSA) is 103 Å². The third-order valence-electron chi connectivity index (χ3n) is 3.64. The van der Waals surface area contributed by atoms with Crippen molar-refractivity contribution in [2.75, 3.05) is 17.7 Å². The molecule has 2 amide bonds. The number of hydrogen-bond acceptors (Lipinski definition) is 7. The molecule has 0 aliphatic rings. The first kappa shape index (κ1) is 25.7. The van der Waals surface area contributed by atoms with Crippen LogP contribution >= 0.6 is 11.3 Å². The number of carbonyl (C=O) groups excluding carboxylic acids is 3. The van der Waals surface area contributed by atoms with Crippen LogP contribution in [0.15, 0.2) is 5.38 Å². The molecule has 9 heteroatoms. The predicted molar refractivity (Wildman–Crippen MR) is 118 cm³/mol. The van der Waals surface area contributed by atoms with E-state index >= 15 is 0 Å². The van der Waals surface area contributed by atoms with Crippen molar-refractivity contribution < 1.29 is 28.6 Å². The van der Waals surface area contributed by atoms with Gasteiger partial charge in [0.15, 0.2) is 0 Å². The molecule has 0 bridgehead atoms. The Morgan fingerprint density at radius 3 is 2.00 bits per heavy atom. The van der Waals surface area contributed by atoms with Crippen LogP contribution in [0.5, 0.6) is 0 Å². The van der Waals surface area contributed by atoms with Crippen molar-refractivity contribution in [3.8, 4) is 0 Å². The molecule has 0 aliphatic carbocycles. The first-order valence-corrected chi connectivity index (χ1v) is 10.9. The van der Waals surface area contributed by atoms with E-state index < -0.39 is 23.4 Å². The Labute approximate surface area is 182 Å². The molecule has 0 saturated heterocycles. The lowest BCUT2D eigenvalue weighted by molar-refractivity contribution is -0.140. The van der Waals surface area contributed by atoms with Crippen LogP contribution < -0.4 is 10.6 Å². The molecular formula is C21H34N2O6S. The zero-order valence-electron chi connectivity index (χ0n) is 19.0. The van der Waals surface area contributed by atoms with Crippen LogP contribution in [0, 0.1) is 0 Å². The van der Waals surface area contributed by atoms with Gasteiger partial charge in [-0.25, -0.2) is 9.59 Å². The molecule has 1 heterocycles. The Morgan fingerprint density at radius 1 is 0.900 bits per heavy atom. The Morgan fingerprint density at radius 2 is 1.47 bits per heavy atom. The molecule has 0 fully saturated rings. The maximum Gasteiger partial charge on any atom is 0.412 e. The van der Waals surface area contributed by atoms with E-state index in [1.54, 1.807) is 46.9 Å². The number of unbranched alkanes of at least 4 members (excludes halogenated alkanes) is 2. The normalized spacial score (nSPS) is 11.6. The third kappa shape index (κ3) is 10.5. The summed E-state index contributed by atoms with van der Waals surface area (Å²) in [6.45, 7) is 10.7. The van der Waals surface area contributed by atoms with E-state index in [9.17, 15) is 14.4 Å². The summed E-state index contributed by atoms with van der Waals surface area (Å²) in [5.74, 6) is -0.220. The summed E-state index contributed by atoms with van der Waals surface area (Å²) >= 11 is 1.43. The number of aryl methyl sites for hydroxylation is 1. The lowest BCUT2D eigenvalue weighted by atomic mass is 10.1. The highest BCUT2D eigenvalue weighted by Gasteiger charge is 2.22. The fraction of sp³-hybridized carbons (Fsp3) is 0.667. The smallest absolute Gasteiger partial charge is 0.412 e. The van der Waals surface area contributed by atoms with Gasteiger partial charge in [0.1, 0.15) is 11.2 Å². The van der Waals surface area contributed by atoms with E-state index in [1.807, 2.05) is 0 Å². The highest BCUT2D eigenvalue weighted by molar-refractivity contribution is 7.11. The average Bonchev–Trinajstić information content (AvgIpc) is 2.92. The zero-order chi connectivity index (χ0) is 22.9. The second-order valence-electron chi connectivity index (χ2n) is 8.84. The monoisotopic (exact) mass is 442 g/mol. The molecule has 2 N–H and O–H groups in total. The summed E-state index contributed by atoms with van der Waals surface area (Å²) in [6, 6.07) is 0. The van der Waals surface area contributed by atoms with E-state index in [0.29, 0.717) is 24.2 Å². The van der Waals surface area contributed by atoms with E-state index in [1.165, 1.54) is 18.4 Å². The summed E-state index contributed by atoms with van der Waals surface area (Å²) in [5.41, 5.74) is -0.313. The number of amides is 2. The van der Waals surface area contributed by atoms with Crippen LogP contribution in [0.2, 0.25) is 0 Å². The van der Waals surface area contributed by atoms with Gasteiger partial charge in [0, 0.05) is 16.7 Å². The van der Waals surface area contributed by atoms with Gasteiger partial charge in [0.05, 0.1) is 18.5 Å². The number of methoxy groups -OCH3 is 1. The molecule has 30 heavy (non-hydrogen) atoms. The summed E-state index contributed by atoms with van der Waals surface area (Å²) < 4.78 is 15.3. The van der Waals surface area contributed by atoms with Gasteiger partial charge in [-0.2, -0.15) is 0 Å². The summed E-state index contributed by atoms with van der Waals surface area (Å²) in [7, 11) is 1.38. The van der Waals surface area contributed by atoms with Crippen LogP contribution in [-0.4, -0.2) is 36.5 Å². The Balaban J connectivity index is 2.85. The fourth-order valence-corrected chi connectivity index (χ4v) is 3.44. The fourth-order valence-electron chi connectivity index (χ4n) is 2.46. The van der Waals surface area contributed by atoms with Gasteiger partial charge in [-0.15, -0.1) is 11.3 Å². The lowest BCUT2D eigenvalue weighted by Gasteiger charge is -2.21. The van der Waals surface area contributed by atoms with Gasteiger partial charge in [0.25, 0.3) is 0 Å². The molecule has 170 valence electrons. The molecule has 0 radical (unpaired) electrons. The minimum atomic E-state index is -0.646. The van der Waals surface area contributed by atoms with E-state index in [2.05, 4.69) is 15.4 Å². The standard InChI is InChI=1S/C21H34N2O6S/c1-20(2,3)28-18(25)22-14-13-30-15(11-9-8-10-12-16(24)27-7)17(14)23-19(26)29-21(4,5)6/h13H,8-12H2,1-7H3,(H,22,25)(H,23,26). The second-order valence-corrected chi connectivity index (χ2v) is 9.80. The summed E-state index contributed by atoms with van der Waals surface area (Å²) in [5, 5.41) is 7.22. The van der Waals surface area contributed by atoms with Crippen molar-refractivity contribution >= 4 is 40.9 Å². The number of rotatable bonds is 8. The maximum atomic E-state index is 12.3. The quantitative estimate of drug-likeness (QED) is 0.303. The number of hydrogen-bond donors (Lipinski definition) is 2. The number of carbonyl (C=O) groups is 3. The number of anilines is 2. The second kappa shape index (κ2) is 11.2. The van der Waals surface area contributed by atoms with Gasteiger partial charge in [-0.3, -0.25) is 15.4 Å². The summed E-state index contributed by atoms with van der Waals surface area (Å²) in [4.78, 5) is 36.6. The Bertz CT molecular complexity index is 731. The van der Waals surface area contributed by atoms with Crippen LogP contribution in [0.4, 0.5) is 21.0 Å². The molecule has 1 aromatic rings. The molecule has 8 nitrogen and oxygen atoms in total. The van der Waals surface area contributed by atoms with Gasteiger partial charge in [-0.1, -0.05) is 6.42 Å². The lowest BCUT2D eigenvalue weighted by Crippen LogP contribution is -2.29. The maximum absolute atomic E-state index is 12.3. The molecule has 0 saturated carbocycles. The minimum absolute atomic E-state index is 0.220. The predicted octanol–water partition coefficient (Wildman–Crippen LogP) is 5.72. The van der Waals surface area contributed by atoms with Crippen LogP contribution in [0.25, 0.3) is 0 Å². The number of esters is 1. The average molecular weight is 443 g/mol. The number of thiophene rings is 1. The Kier molecular flexibility index (Phi) is 9.61. The molecule has 1 aromatic heterocycles. The SMILES string of the molecule is COC(=O)CCCCCc1scc(NC(=O)OC(C)(C)C)c1NC(=O)OC(C)(C)C. The van der Waals surface area contributed by atoms with Crippen molar-refractivity contribution in [3.05, 3.63) is 10.3 Å². The molecule has 0 spiro atoms. The molecule has 0 unspecified atom stereocenters. The van der Waals surface area contributed by atoms with Gasteiger partial charge >= 0.3 is 18.2 Å². The van der Waals surface area contributed by atoms with Crippen LogP contribution in [-0.2, 0) is 25.4 Å². The van der Waals surface area contributed by atoms with Crippen molar-refractivity contribution in [2.24, 2.45) is 0 Å². The van der Waals surface area contributed by atoms with Gasteiger partial charge in [-0.05, 0) is 60.8 Å². The third-order valence-corrected chi connectivity index (χ3v) is 4.69. The molecule has 0 atom stereocenters. The Hall–Kier alpha value is -2.29. The van der Waals surface area contributed by atoms with Crippen molar-refractivity contribution in [3.63, 3.8) is 0 Å². The molecule has 1 rings (SSSR count). The molecule has 0 aromatic carbocycles. The highest BCUT2D eigenvalue weighted by Crippen LogP contribution is 2.35. The number of nitrogens with one attached hydrogen (secondary N) is 2. The van der Waals surface area contributed by atoms with Crippen molar-refractivity contribution in [2.45, 2.75) is 84.8 Å². The first-order valence-electron chi connectivity index (χ1n) is 9.98.